The van der Waals surface area contributed by atoms with Gasteiger partial charge in [0.15, 0.2) is 0 Å². The van der Waals surface area contributed by atoms with Crippen LogP contribution >= 0.6 is 27.3 Å². The van der Waals surface area contributed by atoms with Crippen molar-refractivity contribution in [1.29, 1.82) is 0 Å². The molecule has 1 aromatic rings. The van der Waals surface area contributed by atoms with Crippen molar-refractivity contribution in [3.8, 4) is 0 Å². The predicted octanol–water partition coefficient (Wildman–Crippen LogP) is 3.07. The van der Waals surface area contributed by atoms with Crippen LogP contribution in [0.1, 0.15) is 30.1 Å². The molecule has 0 saturated carbocycles. The molecule has 1 saturated heterocycles. The number of aliphatic hydroxyl groups is 1. The molecule has 1 N–H and O–H groups in total. The molecule has 0 aliphatic carbocycles. The fraction of sp³-hybridized carbons (Fsp3) is 0.667. The van der Waals surface area contributed by atoms with Gasteiger partial charge < -0.3 is 10.0 Å². The summed E-state index contributed by atoms with van der Waals surface area (Å²) < 4.78 is 1.15. The summed E-state index contributed by atoms with van der Waals surface area (Å²) >= 11 is 5.22. The first-order valence-corrected chi connectivity index (χ1v) is 7.49. The quantitative estimate of drug-likeness (QED) is 0.924. The lowest BCUT2D eigenvalue weighted by Crippen LogP contribution is -2.34. The van der Waals surface area contributed by atoms with Crippen LogP contribution in [0.5, 0.6) is 0 Å². The van der Waals surface area contributed by atoms with E-state index in [4.69, 9.17) is 0 Å². The van der Waals surface area contributed by atoms with Crippen molar-refractivity contribution in [3.05, 3.63) is 20.8 Å². The molecular weight excluding hydrogens is 286 g/mol. The van der Waals surface area contributed by atoms with Gasteiger partial charge in [-0.15, -0.1) is 11.3 Å². The van der Waals surface area contributed by atoms with Gasteiger partial charge in [-0.25, -0.2) is 0 Å². The number of halogens is 1. The molecule has 0 bridgehead atoms. The molecule has 0 amide bonds. The molecule has 1 unspecified atom stereocenters. The van der Waals surface area contributed by atoms with Crippen LogP contribution in [0.3, 0.4) is 0 Å². The zero-order valence-corrected chi connectivity index (χ0v) is 11.8. The molecule has 1 fully saturated rings. The lowest BCUT2D eigenvalue weighted by Gasteiger charge is -2.29. The van der Waals surface area contributed by atoms with Crippen molar-refractivity contribution in [2.75, 3.05) is 26.2 Å². The summed E-state index contributed by atoms with van der Waals surface area (Å²) in [6, 6.07) is 4.19. The first kappa shape index (κ1) is 12.6. The Morgan fingerprint density at radius 1 is 1.31 bits per heavy atom. The second-order valence-electron chi connectivity index (χ2n) is 4.38. The highest BCUT2D eigenvalue weighted by Crippen LogP contribution is 2.29. The minimum Gasteiger partial charge on any atom is -0.396 e. The van der Waals surface area contributed by atoms with Crippen LogP contribution in [-0.4, -0.2) is 36.2 Å². The van der Waals surface area contributed by atoms with E-state index in [1.807, 2.05) is 0 Å². The third-order valence-corrected chi connectivity index (χ3v) is 4.93. The molecular formula is C12H18BrNOS. The van der Waals surface area contributed by atoms with E-state index in [1.165, 1.54) is 37.2 Å². The summed E-state index contributed by atoms with van der Waals surface area (Å²) in [6.07, 6.45) is 3.99. The highest BCUT2D eigenvalue weighted by molar-refractivity contribution is 9.11. The fourth-order valence-corrected chi connectivity index (χ4v) is 3.74. The number of aliphatic hydroxyl groups excluding tert-OH is 1. The highest BCUT2D eigenvalue weighted by Gasteiger charge is 2.18. The third kappa shape index (κ3) is 3.29. The van der Waals surface area contributed by atoms with Crippen molar-refractivity contribution in [3.63, 3.8) is 0 Å². The molecule has 1 atom stereocenters. The van der Waals surface area contributed by atoms with Gasteiger partial charge in [-0.05, 0) is 54.0 Å². The molecule has 90 valence electrons. The molecule has 1 aliphatic rings. The molecule has 4 heteroatoms. The average molecular weight is 304 g/mol. The molecule has 0 spiro atoms. The van der Waals surface area contributed by atoms with Crippen LogP contribution < -0.4 is 0 Å². The molecule has 0 aromatic carbocycles. The van der Waals surface area contributed by atoms with Gasteiger partial charge >= 0.3 is 0 Å². The van der Waals surface area contributed by atoms with Crippen molar-refractivity contribution >= 4 is 27.3 Å². The number of hydrogen-bond donors (Lipinski definition) is 1. The predicted molar refractivity (Wildman–Crippen MR) is 72.1 cm³/mol. The molecule has 2 nitrogen and oxygen atoms in total. The van der Waals surface area contributed by atoms with E-state index in [2.05, 4.69) is 33.0 Å². The van der Waals surface area contributed by atoms with Crippen LogP contribution in [0.15, 0.2) is 15.9 Å². The van der Waals surface area contributed by atoms with Crippen LogP contribution in [0.25, 0.3) is 0 Å². The Morgan fingerprint density at radius 3 is 2.62 bits per heavy atom. The van der Waals surface area contributed by atoms with E-state index in [9.17, 15) is 5.11 Å². The van der Waals surface area contributed by atoms with Gasteiger partial charge in [-0.2, -0.15) is 0 Å². The van der Waals surface area contributed by atoms with Crippen molar-refractivity contribution in [1.82, 2.24) is 4.90 Å². The Bertz CT molecular complexity index is 323. The zero-order valence-electron chi connectivity index (χ0n) is 9.36. The molecule has 1 aliphatic heterocycles. The van der Waals surface area contributed by atoms with E-state index in [0.717, 1.165) is 10.3 Å². The van der Waals surface area contributed by atoms with E-state index < -0.39 is 0 Å². The third-order valence-electron chi connectivity index (χ3n) is 3.14. The van der Waals surface area contributed by atoms with Crippen LogP contribution in [0, 0.1) is 0 Å². The minimum absolute atomic E-state index is 0.253. The number of rotatable bonds is 4. The lowest BCUT2D eigenvalue weighted by molar-refractivity contribution is 0.180. The van der Waals surface area contributed by atoms with Gasteiger partial charge in [-0.1, -0.05) is 6.42 Å². The van der Waals surface area contributed by atoms with Crippen LogP contribution in [0.2, 0.25) is 0 Å². The van der Waals surface area contributed by atoms with Gasteiger partial charge in [-0.3, -0.25) is 0 Å². The average Bonchev–Trinajstić information content (AvgIpc) is 2.74. The van der Waals surface area contributed by atoms with E-state index >= 15 is 0 Å². The lowest BCUT2D eigenvalue weighted by atomic mass is 10.1. The molecule has 16 heavy (non-hydrogen) atoms. The number of hydrogen-bond acceptors (Lipinski definition) is 3. The smallest absolute Gasteiger partial charge is 0.0701 e. The van der Waals surface area contributed by atoms with E-state index in [0.29, 0.717) is 0 Å². The Morgan fingerprint density at radius 2 is 2.06 bits per heavy atom. The summed E-state index contributed by atoms with van der Waals surface area (Å²) in [5, 5.41) is 9.48. The van der Waals surface area contributed by atoms with Crippen LogP contribution in [0.4, 0.5) is 0 Å². The van der Waals surface area contributed by atoms with Gasteiger partial charge in [0.2, 0.25) is 0 Å². The molecule has 1 aromatic heterocycles. The SMILES string of the molecule is OCC(CN1CCCCC1)c1ccc(Br)s1. The monoisotopic (exact) mass is 303 g/mol. The summed E-state index contributed by atoms with van der Waals surface area (Å²) in [4.78, 5) is 3.78. The molecule has 2 rings (SSSR count). The maximum absolute atomic E-state index is 9.48. The van der Waals surface area contributed by atoms with E-state index in [-0.39, 0.29) is 12.5 Å². The Kier molecular flexibility index (Phi) is 4.82. The number of nitrogens with zero attached hydrogens (tertiary/aromatic N) is 1. The number of piperidine rings is 1. The maximum Gasteiger partial charge on any atom is 0.0701 e. The van der Waals surface area contributed by atoms with Crippen LogP contribution in [-0.2, 0) is 0 Å². The first-order chi connectivity index (χ1) is 7.79. The highest BCUT2D eigenvalue weighted by atomic mass is 79.9. The summed E-state index contributed by atoms with van der Waals surface area (Å²) in [7, 11) is 0. The fourth-order valence-electron chi connectivity index (χ4n) is 2.24. The van der Waals surface area contributed by atoms with Crippen molar-refractivity contribution < 1.29 is 5.11 Å². The minimum atomic E-state index is 0.253. The van der Waals surface area contributed by atoms with Gasteiger partial charge in [0.25, 0.3) is 0 Å². The Labute approximate surface area is 109 Å². The van der Waals surface area contributed by atoms with Crippen molar-refractivity contribution in [2.24, 2.45) is 0 Å². The van der Waals surface area contributed by atoms with Gasteiger partial charge in [0.05, 0.1) is 10.4 Å². The zero-order chi connectivity index (χ0) is 11.4. The standard InChI is InChI=1S/C12H18BrNOS/c13-12-5-4-11(16-12)10(9-15)8-14-6-2-1-3-7-14/h4-5,10,15H,1-3,6-9H2. The second-order valence-corrected chi connectivity index (χ2v) is 6.88. The van der Waals surface area contributed by atoms with Gasteiger partial charge in [0, 0.05) is 17.3 Å². The number of likely N-dealkylation sites (tertiary alicyclic amines) is 1. The normalized spacial score (nSPS) is 19.9. The topological polar surface area (TPSA) is 23.5 Å². The Balaban J connectivity index is 1.94. The molecule has 0 radical (unpaired) electrons. The second kappa shape index (κ2) is 6.15. The maximum atomic E-state index is 9.48. The van der Waals surface area contributed by atoms with Crippen molar-refractivity contribution in [2.45, 2.75) is 25.2 Å². The first-order valence-electron chi connectivity index (χ1n) is 5.88. The summed E-state index contributed by atoms with van der Waals surface area (Å²) in [5.41, 5.74) is 0. The molecule has 2 heterocycles. The van der Waals surface area contributed by atoms with Gasteiger partial charge in [0.1, 0.15) is 0 Å². The summed E-state index contributed by atoms with van der Waals surface area (Å²) in [5.74, 6) is 0.286. The van der Waals surface area contributed by atoms with E-state index in [1.54, 1.807) is 11.3 Å². The number of thiophene rings is 1. The Hall–Kier alpha value is 0.1000. The largest absolute Gasteiger partial charge is 0.396 e. The summed E-state index contributed by atoms with van der Waals surface area (Å²) in [6.45, 7) is 3.65.